The van der Waals surface area contributed by atoms with Crippen LogP contribution >= 0.6 is 0 Å². The van der Waals surface area contributed by atoms with Crippen molar-refractivity contribution >= 4 is 5.97 Å². The monoisotopic (exact) mass is 204 g/mol. The summed E-state index contributed by atoms with van der Waals surface area (Å²) >= 11 is 0. The van der Waals surface area contributed by atoms with Crippen molar-refractivity contribution in [3.63, 3.8) is 0 Å². The number of imidazole rings is 1. The van der Waals surface area contributed by atoms with Crippen LogP contribution in [0.4, 0.5) is 8.78 Å². The van der Waals surface area contributed by atoms with Gasteiger partial charge in [-0.15, -0.1) is 0 Å². The molecule has 0 aromatic carbocycles. The van der Waals surface area contributed by atoms with Crippen molar-refractivity contribution in [1.82, 2.24) is 9.97 Å². The minimum atomic E-state index is -2.67. The molecule has 2 N–H and O–H groups in total. The van der Waals surface area contributed by atoms with Gasteiger partial charge in [0.15, 0.2) is 0 Å². The second-order valence-electron chi connectivity index (χ2n) is 3.42. The second-order valence-corrected chi connectivity index (χ2v) is 3.42. The van der Waals surface area contributed by atoms with Gasteiger partial charge >= 0.3 is 5.97 Å². The molecule has 78 valence electrons. The smallest absolute Gasteiger partial charge is 0.316 e. The number of aliphatic carboxylic acids is 1. The summed E-state index contributed by atoms with van der Waals surface area (Å²) in [4.78, 5) is 16.7. The maximum absolute atomic E-state index is 12.2. The zero-order valence-electron chi connectivity index (χ0n) is 7.71. The van der Waals surface area contributed by atoms with Crippen LogP contribution in [0.2, 0.25) is 0 Å². The Morgan fingerprint density at radius 2 is 2.21 bits per heavy atom. The van der Waals surface area contributed by atoms with Crippen LogP contribution in [-0.2, 0) is 10.2 Å². The number of hydrogen-bond acceptors (Lipinski definition) is 2. The summed E-state index contributed by atoms with van der Waals surface area (Å²) in [5.41, 5.74) is -1.65. The zero-order chi connectivity index (χ0) is 10.9. The Hall–Kier alpha value is -1.46. The summed E-state index contributed by atoms with van der Waals surface area (Å²) in [6.07, 6.45) is -1.72. The van der Waals surface area contributed by atoms with Crippen LogP contribution in [0.15, 0.2) is 6.20 Å². The van der Waals surface area contributed by atoms with Crippen molar-refractivity contribution in [3.8, 4) is 0 Å². The number of rotatable bonds is 3. The first kappa shape index (κ1) is 10.6. The number of carboxylic acids is 1. The molecular formula is C8H10F2N2O2. The van der Waals surface area contributed by atoms with Gasteiger partial charge in [-0.05, 0) is 13.8 Å². The molecule has 0 amide bonds. The van der Waals surface area contributed by atoms with Gasteiger partial charge in [0.05, 0.1) is 6.20 Å². The first-order valence-electron chi connectivity index (χ1n) is 3.92. The Bertz CT molecular complexity index is 347. The SMILES string of the molecule is CC(C)(C(=O)O)c1ncc(C(F)F)[nH]1. The van der Waals surface area contributed by atoms with E-state index in [4.69, 9.17) is 5.11 Å². The number of nitrogens with one attached hydrogen (secondary N) is 1. The summed E-state index contributed by atoms with van der Waals surface area (Å²) in [7, 11) is 0. The Balaban J connectivity index is 3.03. The average molecular weight is 204 g/mol. The maximum Gasteiger partial charge on any atom is 0.316 e. The molecule has 1 aromatic rings. The van der Waals surface area contributed by atoms with E-state index >= 15 is 0 Å². The fourth-order valence-electron chi connectivity index (χ4n) is 0.865. The summed E-state index contributed by atoms with van der Waals surface area (Å²) in [5, 5.41) is 8.80. The Kier molecular flexibility index (Phi) is 2.55. The summed E-state index contributed by atoms with van der Waals surface area (Å²) in [6, 6.07) is 0. The second kappa shape index (κ2) is 3.36. The van der Waals surface area contributed by atoms with Crippen molar-refractivity contribution < 1.29 is 18.7 Å². The lowest BCUT2D eigenvalue weighted by molar-refractivity contribution is -0.142. The Morgan fingerprint density at radius 3 is 2.57 bits per heavy atom. The predicted molar refractivity (Wildman–Crippen MR) is 44.2 cm³/mol. The lowest BCUT2D eigenvalue weighted by atomic mass is 9.93. The zero-order valence-corrected chi connectivity index (χ0v) is 7.71. The number of alkyl halides is 2. The summed E-state index contributed by atoms with van der Waals surface area (Å²) in [6.45, 7) is 2.78. The van der Waals surface area contributed by atoms with Crippen LogP contribution < -0.4 is 0 Å². The molecule has 0 aliphatic rings. The number of H-pyrrole nitrogens is 1. The summed E-state index contributed by atoms with van der Waals surface area (Å²) < 4.78 is 24.3. The van der Waals surface area contributed by atoms with Gasteiger partial charge in [-0.2, -0.15) is 0 Å². The highest BCUT2D eigenvalue weighted by Crippen LogP contribution is 2.23. The van der Waals surface area contributed by atoms with Crippen molar-refractivity contribution in [2.75, 3.05) is 0 Å². The predicted octanol–water partition coefficient (Wildman–Crippen LogP) is 1.71. The number of carboxylic acid groups (broad SMARTS) is 1. The van der Waals surface area contributed by atoms with Crippen molar-refractivity contribution in [1.29, 1.82) is 0 Å². The molecule has 0 aliphatic heterocycles. The van der Waals surface area contributed by atoms with Crippen molar-refractivity contribution in [3.05, 3.63) is 17.7 Å². The fraction of sp³-hybridized carbons (Fsp3) is 0.500. The molecule has 0 spiro atoms. The van der Waals surface area contributed by atoms with Crippen molar-refractivity contribution in [2.45, 2.75) is 25.7 Å². The average Bonchev–Trinajstić information content (AvgIpc) is 2.51. The van der Waals surface area contributed by atoms with Gasteiger partial charge < -0.3 is 10.1 Å². The Labute approximate surface area is 79.0 Å². The maximum atomic E-state index is 12.2. The van der Waals surface area contributed by atoms with E-state index in [-0.39, 0.29) is 11.5 Å². The molecule has 0 fully saturated rings. The van der Waals surface area contributed by atoms with E-state index in [2.05, 4.69) is 9.97 Å². The van der Waals surface area contributed by atoms with Gasteiger partial charge in [0.25, 0.3) is 6.43 Å². The van der Waals surface area contributed by atoms with E-state index in [1.807, 2.05) is 0 Å². The van der Waals surface area contributed by atoms with E-state index in [0.29, 0.717) is 0 Å². The van der Waals surface area contributed by atoms with Gasteiger partial charge in [0.1, 0.15) is 16.9 Å². The lowest BCUT2D eigenvalue weighted by Gasteiger charge is -2.15. The largest absolute Gasteiger partial charge is 0.481 e. The molecule has 14 heavy (non-hydrogen) atoms. The molecule has 1 rings (SSSR count). The van der Waals surface area contributed by atoms with Gasteiger partial charge in [-0.25, -0.2) is 13.8 Å². The number of carbonyl (C=O) groups is 1. The molecule has 0 radical (unpaired) electrons. The third-order valence-electron chi connectivity index (χ3n) is 1.96. The van der Waals surface area contributed by atoms with E-state index < -0.39 is 17.8 Å². The first-order chi connectivity index (χ1) is 6.35. The van der Waals surface area contributed by atoms with E-state index in [0.717, 1.165) is 6.20 Å². The van der Waals surface area contributed by atoms with Gasteiger partial charge in [-0.1, -0.05) is 0 Å². The highest BCUT2D eigenvalue weighted by Gasteiger charge is 2.33. The highest BCUT2D eigenvalue weighted by molar-refractivity contribution is 5.78. The molecule has 4 nitrogen and oxygen atoms in total. The van der Waals surface area contributed by atoms with Gasteiger partial charge in [0, 0.05) is 0 Å². The molecule has 0 unspecified atom stereocenters. The van der Waals surface area contributed by atoms with Gasteiger partial charge in [-0.3, -0.25) is 4.79 Å². The van der Waals surface area contributed by atoms with Crippen molar-refractivity contribution in [2.24, 2.45) is 0 Å². The lowest BCUT2D eigenvalue weighted by Crippen LogP contribution is -2.29. The molecule has 0 aliphatic carbocycles. The molecule has 0 saturated carbocycles. The molecule has 1 heterocycles. The summed E-state index contributed by atoms with van der Waals surface area (Å²) in [5.74, 6) is -1.09. The normalized spacial score (nSPS) is 12.1. The van der Waals surface area contributed by atoms with E-state index in [1.54, 1.807) is 0 Å². The third-order valence-corrected chi connectivity index (χ3v) is 1.96. The van der Waals surface area contributed by atoms with Gasteiger partial charge in [0.2, 0.25) is 0 Å². The van der Waals surface area contributed by atoms with E-state index in [9.17, 15) is 13.6 Å². The van der Waals surface area contributed by atoms with Crippen LogP contribution in [0.5, 0.6) is 0 Å². The molecule has 6 heteroatoms. The number of halogens is 2. The van der Waals surface area contributed by atoms with E-state index in [1.165, 1.54) is 13.8 Å². The van der Waals surface area contributed by atoms with Crippen LogP contribution in [0.25, 0.3) is 0 Å². The minimum absolute atomic E-state index is 0.0281. The third kappa shape index (κ3) is 1.73. The fourth-order valence-corrected chi connectivity index (χ4v) is 0.865. The standard InChI is InChI=1S/C8H10F2N2O2/c1-8(2,7(13)14)6-11-3-4(12-6)5(9)10/h3,5H,1-2H3,(H,11,12)(H,13,14). The topological polar surface area (TPSA) is 66.0 Å². The first-order valence-corrected chi connectivity index (χ1v) is 3.92. The Morgan fingerprint density at radius 1 is 1.64 bits per heavy atom. The molecule has 1 aromatic heterocycles. The highest BCUT2D eigenvalue weighted by atomic mass is 19.3. The number of hydrogen-bond donors (Lipinski definition) is 2. The molecule has 0 atom stereocenters. The quantitative estimate of drug-likeness (QED) is 0.787. The minimum Gasteiger partial charge on any atom is -0.481 e. The molecule has 0 bridgehead atoms. The van der Waals surface area contributed by atoms with Crippen LogP contribution in [0, 0.1) is 0 Å². The van der Waals surface area contributed by atoms with Crippen LogP contribution in [-0.4, -0.2) is 21.0 Å². The molecular weight excluding hydrogens is 194 g/mol. The number of aromatic amines is 1. The number of aromatic nitrogens is 2. The molecule has 0 saturated heterocycles. The van der Waals surface area contributed by atoms with Crippen LogP contribution in [0.1, 0.15) is 31.8 Å². The van der Waals surface area contributed by atoms with Crippen LogP contribution in [0.3, 0.4) is 0 Å². The number of nitrogens with zero attached hydrogens (tertiary/aromatic N) is 1.